The van der Waals surface area contributed by atoms with Gasteiger partial charge in [-0.1, -0.05) is 48.5 Å². The van der Waals surface area contributed by atoms with Gasteiger partial charge in [-0.2, -0.15) is 0 Å². The first-order valence-electron chi connectivity index (χ1n) is 6.92. The first-order valence-corrected chi connectivity index (χ1v) is 6.92. The molecule has 0 unspecified atom stereocenters. The van der Waals surface area contributed by atoms with Crippen molar-refractivity contribution in [2.45, 2.75) is 6.42 Å². The molecule has 108 valence electrons. The number of benzene rings is 2. The molecule has 0 aliphatic heterocycles. The van der Waals surface area contributed by atoms with E-state index in [1.807, 2.05) is 54.6 Å². The molecule has 0 heterocycles. The van der Waals surface area contributed by atoms with E-state index in [1.165, 1.54) is 0 Å². The van der Waals surface area contributed by atoms with Crippen molar-refractivity contribution < 1.29 is 9.53 Å². The lowest BCUT2D eigenvalue weighted by Gasteiger charge is -2.08. The molecule has 0 radical (unpaired) electrons. The van der Waals surface area contributed by atoms with Gasteiger partial charge in [-0.05, 0) is 29.7 Å². The number of ether oxygens (including phenoxy) is 1. The molecule has 0 bridgehead atoms. The summed E-state index contributed by atoms with van der Waals surface area (Å²) in [7, 11) is 1.65. The fourth-order valence-corrected chi connectivity index (χ4v) is 2.02. The first-order chi connectivity index (χ1) is 10.3. The number of para-hydroxylation sites is 1. The molecular formula is C18H19NO2. The number of nitrogens with one attached hydrogen (secondary N) is 1. The Hall–Kier alpha value is -2.55. The van der Waals surface area contributed by atoms with Crippen molar-refractivity contribution in [2.24, 2.45) is 0 Å². The summed E-state index contributed by atoms with van der Waals surface area (Å²) in [6, 6.07) is 17.6. The number of hydrogen-bond donors (Lipinski definition) is 1. The summed E-state index contributed by atoms with van der Waals surface area (Å²) in [5.74, 6) is 0.764. The summed E-state index contributed by atoms with van der Waals surface area (Å²) in [6.07, 6.45) is 4.10. The van der Waals surface area contributed by atoms with Crippen LogP contribution in [0.5, 0.6) is 5.75 Å². The van der Waals surface area contributed by atoms with Crippen molar-refractivity contribution in [3.8, 4) is 5.75 Å². The van der Waals surface area contributed by atoms with E-state index < -0.39 is 0 Å². The summed E-state index contributed by atoms with van der Waals surface area (Å²) in [5.41, 5.74) is 2.10. The van der Waals surface area contributed by atoms with Gasteiger partial charge in [0.2, 0.25) is 5.91 Å². The largest absolute Gasteiger partial charge is 0.496 e. The Morgan fingerprint density at radius 1 is 1.10 bits per heavy atom. The van der Waals surface area contributed by atoms with Crippen molar-refractivity contribution >= 4 is 12.0 Å². The Kier molecular flexibility index (Phi) is 5.59. The lowest BCUT2D eigenvalue weighted by molar-refractivity contribution is -0.116. The summed E-state index contributed by atoms with van der Waals surface area (Å²) in [5, 5.41) is 2.87. The van der Waals surface area contributed by atoms with Gasteiger partial charge in [0.25, 0.3) is 0 Å². The van der Waals surface area contributed by atoms with Crippen LogP contribution in [-0.4, -0.2) is 19.6 Å². The predicted octanol–water partition coefficient (Wildman–Crippen LogP) is 3.07. The summed E-state index contributed by atoms with van der Waals surface area (Å²) >= 11 is 0. The van der Waals surface area contributed by atoms with Gasteiger partial charge in [-0.25, -0.2) is 0 Å². The smallest absolute Gasteiger partial charge is 0.244 e. The SMILES string of the molecule is COc1ccccc1CCNC(=O)/C=C/c1ccccc1. The third-order valence-electron chi connectivity index (χ3n) is 3.11. The fourth-order valence-electron chi connectivity index (χ4n) is 2.02. The van der Waals surface area contributed by atoms with E-state index in [4.69, 9.17) is 4.74 Å². The molecule has 2 aromatic rings. The Morgan fingerprint density at radius 3 is 2.57 bits per heavy atom. The highest BCUT2D eigenvalue weighted by molar-refractivity contribution is 5.91. The van der Waals surface area contributed by atoms with E-state index in [0.717, 1.165) is 23.3 Å². The molecule has 21 heavy (non-hydrogen) atoms. The highest BCUT2D eigenvalue weighted by atomic mass is 16.5. The molecular weight excluding hydrogens is 262 g/mol. The molecule has 0 atom stereocenters. The van der Waals surface area contributed by atoms with E-state index in [-0.39, 0.29) is 5.91 Å². The molecule has 0 aliphatic rings. The molecule has 0 saturated carbocycles. The van der Waals surface area contributed by atoms with Crippen molar-refractivity contribution in [3.63, 3.8) is 0 Å². The van der Waals surface area contributed by atoms with Gasteiger partial charge in [-0.3, -0.25) is 4.79 Å². The molecule has 0 aliphatic carbocycles. The minimum absolute atomic E-state index is 0.0891. The number of carbonyl (C=O) groups is 1. The molecule has 0 saturated heterocycles. The van der Waals surface area contributed by atoms with Crippen LogP contribution in [0.25, 0.3) is 6.08 Å². The molecule has 3 heteroatoms. The van der Waals surface area contributed by atoms with Crippen molar-refractivity contribution in [1.82, 2.24) is 5.32 Å². The monoisotopic (exact) mass is 281 g/mol. The minimum atomic E-state index is -0.0891. The Labute approximate surface area is 125 Å². The van der Waals surface area contributed by atoms with Crippen LogP contribution in [-0.2, 0) is 11.2 Å². The van der Waals surface area contributed by atoms with Gasteiger partial charge in [0.15, 0.2) is 0 Å². The molecule has 2 aromatic carbocycles. The van der Waals surface area contributed by atoms with Gasteiger partial charge in [0.1, 0.15) is 5.75 Å². The van der Waals surface area contributed by atoms with Crippen molar-refractivity contribution in [2.75, 3.05) is 13.7 Å². The Bertz CT molecular complexity index is 606. The number of carbonyl (C=O) groups excluding carboxylic acids is 1. The van der Waals surface area contributed by atoms with E-state index in [9.17, 15) is 4.79 Å². The van der Waals surface area contributed by atoms with Crippen LogP contribution in [0.3, 0.4) is 0 Å². The van der Waals surface area contributed by atoms with Crippen molar-refractivity contribution in [1.29, 1.82) is 0 Å². The standard InChI is InChI=1S/C18H19NO2/c1-21-17-10-6-5-9-16(17)13-14-19-18(20)12-11-15-7-3-2-4-8-15/h2-12H,13-14H2,1H3,(H,19,20)/b12-11+. The third kappa shape index (κ3) is 4.80. The lowest BCUT2D eigenvalue weighted by atomic mass is 10.1. The Balaban J connectivity index is 1.81. The number of amides is 1. The van der Waals surface area contributed by atoms with Gasteiger partial charge >= 0.3 is 0 Å². The second kappa shape index (κ2) is 7.90. The first kappa shape index (κ1) is 14.9. The number of methoxy groups -OCH3 is 1. The molecule has 2 rings (SSSR count). The maximum atomic E-state index is 11.7. The van der Waals surface area contributed by atoms with Crippen LogP contribution in [0.2, 0.25) is 0 Å². The molecule has 3 nitrogen and oxygen atoms in total. The average molecular weight is 281 g/mol. The van der Waals surface area contributed by atoms with Gasteiger partial charge in [0, 0.05) is 12.6 Å². The zero-order valence-electron chi connectivity index (χ0n) is 12.1. The van der Waals surface area contributed by atoms with Crippen LogP contribution in [0.15, 0.2) is 60.7 Å². The van der Waals surface area contributed by atoms with Gasteiger partial charge < -0.3 is 10.1 Å². The molecule has 0 spiro atoms. The number of rotatable bonds is 6. The third-order valence-corrected chi connectivity index (χ3v) is 3.11. The second-order valence-corrected chi connectivity index (χ2v) is 4.60. The maximum absolute atomic E-state index is 11.7. The van der Waals surface area contributed by atoms with E-state index in [1.54, 1.807) is 19.3 Å². The Morgan fingerprint density at radius 2 is 1.81 bits per heavy atom. The highest BCUT2D eigenvalue weighted by Crippen LogP contribution is 2.17. The van der Waals surface area contributed by atoms with Gasteiger partial charge in [0.05, 0.1) is 7.11 Å². The summed E-state index contributed by atoms with van der Waals surface area (Å²) in [4.78, 5) is 11.7. The van der Waals surface area contributed by atoms with Crippen LogP contribution < -0.4 is 10.1 Å². The minimum Gasteiger partial charge on any atom is -0.496 e. The van der Waals surface area contributed by atoms with Crippen LogP contribution in [0.1, 0.15) is 11.1 Å². The molecule has 1 amide bonds. The van der Waals surface area contributed by atoms with Crippen molar-refractivity contribution in [3.05, 3.63) is 71.8 Å². The summed E-state index contributed by atoms with van der Waals surface area (Å²) in [6.45, 7) is 0.582. The van der Waals surface area contributed by atoms with Gasteiger partial charge in [-0.15, -0.1) is 0 Å². The van der Waals surface area contributed by atoms with E-state index >= 15 is 0 Å². The predicted molar refractivity (Wildman–Crippen MR) is 85.2 cm³/mol. The fraction of sp³-hybridized carbons (Fsp3) is 0.167. The second-order valence-electron chi connectivity index (χ2n) is 4.60. The number of hydrogen-bond acceptors (Lipinski definition) is 2. The molecule has 0 fully saturated rings. The zero-order chi connectivity index (χ0) is 14.9. The maximum Gasteiger partial charge on any atom is 0.244 e. The zero-order valence-corrected chi connectivity index (χ0v) is 12.1. The van der Waals surface area contributed by atoms with Crippen LogP contribution in [0.4, 0.5) is 0 Å². The molecule has 1 N–H and O–H groups in total. The quantitative estimate of drug-likeness (QED) is 0.826. The van der Waals surface area contributed by atoms with E-state index in [0.29, 0.717) is 6.54 Å². The van der Waals surface area contributed by atoms with Crippen LogP contribution in [0, 0.1) is 0 Å². The average Bonchev–Trinajstić information content (AvgIpc) is 2.54. The topological polar surface area (TPSA) is 38.3 Å². The molecule has 0 aromatic heterocycles. The van der Waals surface area contributed by atoms with E-state index in [2.05, 4.69) is 5.32 Å². The lowest BCUT2D eigenvalue weighted by Crippen LogP contribution is -2.23. The van der Waals surface area contributed by atoms with Crippen LogP contribution >= 0.6 is 0 Å². The highest BCUT2D eigenvalue weighted by Gasteiger charge is 2.02. The normalized spacial score (nSPS) is 10.5. The summed E-state index contributed by atoms with van der Waals surface area (Å²) < 4.78 is 5.28.